The smallest absolute Gasteiger partial charge is 0.289 e. The minimum absolute atomic E-state index is 0.0633. The molecular weight excluding hydrogens is 332 g/mol. The van der Waals surface area contributed by atoms with Crippen molar-refractivity contribution in [3.63, 3.8) is 0 Å². The van der Waals surface area contributed by atoms with E-state index in [1.807, 2.05) is 18.2 Å². The number of carbonyl (C=O) groups is 3. The van der Waals surface area contributed by atoms with E-state index in [1.165, 1.54) is 11.9 Å². The zero-order valence-electron chi connectivity index (χ0n) is 14.2. The number of benzene rings is 2. The van der Waals surface area contributed by atoms with E-state index in [9.17, 15) is 19.5 Å². The van der Waals surface area contributed by atoms with Crippen molar-refractivity contribution < 1.29 is 19.5 Å². The Balaban J connectivity index is 1.63. The van der Waals surface area contributed by atoms with Gasteiger partial charge in [-0.25, -0.2) is 0 Å². The lowest BCUT2D eigenvalue weighted by Gasteiger charge is -2.09. The van der Waals surface area contributed by atoms with Crippen molar-refractivity contribution in [3.8, 4) is 0 Å². The Bertz CT molecular complexity index is 886. The summed E-state index contributed by atoms with van der Waals surface area (Å²) in [4.78, 5) is 37.3. The third-order valence-electron chi connectivity index (χ3n) is 4.21. The van der Waals surface area contributed by atoms with Gasteiger partial charge in [0.15, 0.2) is 11.5 Å². The van der Waals surface area contributed by atoms with Gasteiger partial charge in [0, 0.05) is 24.7 Å². The third kappa shape index (κ3) is 3.49. The Labute approximate surface area is 150 Å². The second kappa shape index (κ2) is 7.23. The van der Waals surface area contributed by atoms with Gasteiger partial charge in [0.05, 0.1) is 12.1 Å². The molecule has 1 aliphatic heterocycles. The van der Waals surface area contributed by atoms with Crippen LogP contribution in [0.5, 0.6) is 0 Å². The van der Waals surface area contributed by atoms with Crippen LogP contribution in [0.3, 0.4) is 0 Å². The third-order valence-corrected chi connectivity index (χ3v) is 4.21. The standard InChI is InChI=1S/C20H18N2O4/c1-22-12-16(18(24)20(22)26)19(25)21-11-13-7-9-15(10-8-13)17(23)14-5-3-2-4-6-14/h2-10,24H,11-12H2,1H3,(H,21,25). The fraction of sp³-hybridized carbons (Fsp3) is 0.150. The first-order chi connectivity index (χ1) is 12.5. The van der Waals surface area contributed by atoms with E-state index in [0.717, 1.165) is 5.56 Å². The van der Waals surface area contributed by atoms with E-state index in [2.05, 4.69) is 5.32 Å². The molecule has 132 valence electrons. The van der Waals surface area contributed by atoms with Crippen molar-refractivity contribution in [2.24, 2.45) is 0 Å². The Morgan fingerprint density at radius 2 is 1.65 bits per heavy atom. The predicted molar refractivity (Wildman–Crippen MR) is 95.5 cm³/mol. The van der Waals surface area contributed by atoms with Gasteiger partial charge < -0.3 is 15.3 Å². The molecule has 6 nitrogen and oxygen atoms in total. The van der Waals surface area contributed by atoms with Crippen LogP contribution >= 0.6 is 0 Å². The van der Waals surface area contributed by atoms with Gasteiger partial charge in [-0.1, -0.05) is 54.6 Å². The van der Waals surface area contributed by atoms with Gasteiger partial charge in [0.2, 0.25) is 0 Å². The number of carbonyl (C=O) groups excluding carboxylic acids is 3. The Hall–Kier alpha value is -3.41. The fourth-order valence-corrected chi connectivity index (χ4v) is 2.69. The summed E-state index contributed by atoms with van der Waals surface area (Å²) in [5.41, 5.74) is 2.05. The summed E-state index contributed by atoms with van der Waals surface area (Å²) in [5, 5.41) is 12.4. The van der Waals surface area contributed by atoms with Crippen molar-refractivity contribution >= 4 is 17.6 Å². The highest BCUT2D eigenvalue weighted by Gasteiger charge is 2.31. The van der Waals surface area contributed by atoms with Crippen LogP contribution in [-0.2, 0) is 16.1 Å². The van der Waals surface area contributed by atoms with Crippen molar-refractivity contribution in [1.82, 2.24) is 10.2 Å². The van der Waals surface area contributed by atoms with Crippen LogP contribution in [0.2, 0.25) is 0 Å². The first kappa shape index (κ1) is 17.4. The molecule has 0 saturated carbocycles. The van der Waals surface area contributed by atoms with Gasteiger partial charge in [-0.15, -0.1) is 0 Å². The molecule has 3 rings (SSSR count). The maximum absolute atomic E-state index is 12.4. The molecule has 1 heterocycles. The average molecular weight is 350 g/mol. The molecule has 0 aliphatic carbocycles. The number of nitrogens with one attached hydrogen (secondary N) is 1. The number of ketones is 1. The summed E-state index contributed by atoms with van der Waals surface area (Å²) in [5.74, 6) is -1.61. The van der Waals surface area contributed by atoms with Gasteiger partial charge in [-0.2, -0.15) is 0 Å². The summed E-state index contributed by atoms with van der Waals surface area (Å²) in [7, 11) is 1.52. The molecule has 0 atom stereocenters. The highest BCUT2D eigenvalue weighted by atomic mass is 16.3. The largest absolute Gasteiger partial charge is 0.503 e. The van der Waals surface area contributed by atoms with Gasteiger partial charge >= 0.3 is 0 Å². The van der Waals surface area contributed by atoms with Gasteiger partial charge in [-0.05, 0) is 5.56 Å². The second-order valence-electron chi connectivity index (χ2n) is 6.06. The highest BCUT2D eigenvalue weighted by Crippen LogP contribution is 2.16. The molecule has 6 heteroatoms. The van der Waals surface area contributed by atoms with Crippen LogP contribution in [0.1, 0.15) is 21.5 Å². The van der Waals surface area contributed by atoms with Crippen molar-refractivity contribution in [2.75, 3.05) is 13.6 Å². The molecule has 0 fully saturated rings. The van der Waals surface area contributed by atoms with Crippen LogP contribution in [0, 0.1) is 0 Å². The minimum Gasteiger partial charge on any atom is -0.503 e. The molecule has 0 aromatic heterocycles. The number of hydrogen-bond donors (Lipinski definition) is 2. The number of likely N-dealkylation sites (N-methyl/N-ethyl adjacent to an activating group) is 1. The van der Waals surface area contributed by atoms with Crippen LogP contribution in [0.4, 0.5) is 0 Å². The molecule has 0 bridgehead atoms. The predicted octanol–water partition coefficient (Wildman–Crippen LogP) is 1.82. The molecule has 2 aromatic rings. The summed E-state index contributed by atoms with van der Waals surface area (Å²) in [6, 6.07) is 15.9. The van der Waals surface area contributed by atoms with Crippen LogP contribution in [0.25, 0.3) is 0 Å². The van der Waals surface area contributed by atoms with Crippen molar-refractivity contribution in [1.29, 1.82) is 0 Å². The Morgan fingerprint density at radius 1 is 1.04 bits per heavy atom. The normalized spacial score (nSPS) is 13.9. The molecule has 0 unspecified atom stereocenters. The van der Waals surface area contributed by atoms with E-state index in [4.69, 9.17) is 0 Å². The van der Waals surface area contributed by atoms with Crippen LogP contribution in [0.15, 0.2) is 65.9 Å². The first-order valence-corrected chi connectivity index (χ1v) is 8.12. The van der Waals surface area contributed by atoms with Crippen molar-refractivity contribution in [3.05, 3.63) is 82.6 Å². The molecule has 0 saturated heterocycles. The lowest BCUT2D eigenvalue weighted by Crippen LogP contribution is -2.27. The maximum atomic E-state index is 12.4. The SMILES string of the molecule is CN1CC(C(=O)NCc2ccc(C(=O)c3ccccc3)cc2)=C(O)C1=O. The molecule has 1 aliphatic rings. The molecule has 0 radical (unpaired) electrons. The van der Waals surface area contributed by atoms with E-state index in [-0.39, 0.29) is 24.4 Å². The summed E-state index contributed by atoms with van der Waals surface area (Å²) < 4.78 is 0. The molecule has 0 spiro atoms. The highest BCUT2D eigenvalue weighted by molar-refractivity contribution is 6.09. The molecule has 2 aromatic carbocycles. The fourth-order valence-electron chi connectivity index (χ4n) is 2.69. The number of amides is 2. The lowest BCUT2D eigenvalue weighted by atomic mass is 10.0. The van der Waals surface area contributed by atoms with E-state index >= 15 is 0 Å². The van der Waals surface area contributed by atoms with Crippen molar-refractivity contribution in [2.45, 2.75) is 6.54 Å². The summed E-state index contributed by atoms with van der Waals surface area (Å²) in [6.45, 7) is 0.314. The number of hydrogen-bond acceptors (Lipinski definition) is 4. The van der Waals surface area contributed by atoms with Crippen LogP contribution < -0.4 is 5.32 Å². The Morgan fingerprint density at radius 3 is 2.23 bits per heavy atom. The number of aliphatic hydroxyl groups is 1. The average Bonchev–Trinajstić information content (AvgIpc) is 2.94. The molecule has 2 N–H and O–H groups in total. The molecular formula is C20H18N2O4. The second-order valence-corrected chi connectivity index (χ2v) is 6.06. The van der Waals surface area contributed by atoms with Gasteiger partial charge in [0.1, 0.15) is 0 Å². The Kier molecular flexibility index (Phi) is 4.84. The zero-order valence-corrected chi connectivity index (χ0v) is 14.2. The lowest BCUT2D eigenvalue weighted by molar-refractivity contribution is -0.126. The summed E-state index contributed by atoms with van der Waals surface area (Å²) in [6.07, 6.45) is 0. The topological polar surface area (TPSA) is 86.7 Å². The number of aliphatic hydroxyl groups excluding tert-OH is 1. The quantitative estimate of drug-likeness (QED) is 0.806. The summed E-state index contributed by atoms with van der Waals surface area (Å²) >= 11 is 0. The van der Waals surface area contributed by atoms with E-state index < -0.39 is 17.6 Å². The van der Waals surface area contributed by atoms with Gasteiger partial charge in [0.25, 0.3) is 11.8 Å². The number of rotatable bonds is 5. The maximum Gasteiger partial charge on any atom is 0.289 e. The van der Waals surface area contributed by atoms with Gasteiger partial charge in [-0.3, -0.25) is 14.4 Å². The van der Waals surface area contributed by atoms with Crippen LogP contribution in [-0.4, -0.2) is 41.2 Å². The molecule has 26 heavy (non-hydrogen) atoms. The number of nitrogens with zero attached hydrogens (tertiary/aromatic N) is 1. The monoisotopic (exact) mass is 350 g/mol. The van der Waals surface area contributed by atoms with E-state index in [0.29, 0.717) is 11.1 Å². The zero-order chi connectivity index (χ0) is 18.7. The molecule has 2 amide bonds. The first-order valence-electron chi connectivity index (χ1n) is 8.12. The van der Waals surface area contributed by atoms with E-state index in [1.54, 1.807) is 36.4 Å². The minimum atomic E-state index is -0.557.